The van der Waals surface area contributed by atoms with Gasteiger partial charge in [0.15, 0.2) is 11.6 Å². The van der Waals surface area contributed by atoms with E-state index in [0.717, 1.165) is 58.0 Å². The third-order valence-corrected chi connectivity index (χ3v) is 6.56. The fourth-order valence-corrected chi connectivity index (χ4v) is 4.75. The zero-order valence-corrected chi connectivity index (χ0v) is 18.0. The molecule has 4 heteroatoms. The Hall–Kier alpha value is -1.42. The Bertz CT molecular complexity index is 657. The van der Waals surface area contributed by atoms with Crippen molar-refractivity contribution < 1.29 is 18.3 Å². The average molecular weight is 407 g/mol. The van der Waals surface area contributed by atoms with E-state index in [9.17, 15) is 8.78 Å². The molecule has 0 amide bonds. The smallest absolute Gasteiger partial charge is 0.200 e. The van der Waals surface area contributed by atoms with Crippen molar-refractivity contribution in [3.63, 3.8) is 0 Å². The first-order valence-electron chi connectivity index (χ1n) is 11.5. The van der Waals surface area contributed by atoms with Crippen LogP contribution in [0.5, 0.6) is 5.75 Å². The van der Waals surface area contributed by atoms with Crippen LogP contribution < -0.4 is 4.74 Å². The van der Waals surface area contributed by atoms with Gasteiger partial charge in [-0.25, -0.2) is 4.39 Å². The summed E-state index contributed by atoms with van der Waals surface area (Å²) in [5, 5.41) is 0. The van der Waals surface area contributed by atoms with Gasteiger partial charge in [0.25, 0.3) is 0 Å². The standard InChI is InChI=1S/C25H36F2O2/c1-3-5-7-18-8-14-22(29-17-18)20-11-9-19(10-12-20)21-13-15-23(25(27)24(21)26)28-16-6-4-2/h5,7,13,15,18-20,22H,3-4,6,8-12,14,16-17H2,1-2H3. The van der Waals surface area contributed by atoms with E-state index in [1.54, 1.807) is 12.1 Å². The van der Waals surface area contributed by atoms with Crippen LogP contribution in [0, 0.1) is 23.5 Å². The third kappa shape index (κ3) is 5.81. The topological polar surface area (TPSA) is 18.5 Å². The zero-order chi connectivity index (χ0) is 20.6. The quantitative estimate of drug-likeness (QED) is 0.336. The molecular weight excluding hydrogens is 370 g/mol. The van der Waals surface area contributed by atoms with Gasteiger partial charge in [-0.05, 0) is 74.8 Å². The van der Waals surface area contributed by atoms with Crippen LogP contribution in [0.1, 0.15) is 83.1 Å². The van der Waals surface area contributed by atoms with Crippen molar-refractivity contribution >= 4 is 0 Å². The van der Waals surface area contributed by atoms with E-state index in [4.69, 9.17) is 9.47 Å². The molecule has 0 N–H and O–H groups in total. The summed E-state index contributed by atoms with van der Waals surface area (Å²) < 4.78 is 40.6. The molecule has 1 aliphatic heterocycles. The highest BCUT2D eigenvalue weighted by molar-refractivity contribution is 5.33. The zero-order valence-electron chi connectivity index (χ0n) is 18.0. The van der Waals surface area contributed by atoms with Crippen LogP contribution in [0.4, 0.5) is 8.78 Å². The molecule has 1 aromatic rings. The van der Waals surface area contributed by atoms with E-state index in [1.165, 1.54) is 6.42 Å². The van der Waals surface area contributed by atoms with Gasteiger partial charge in [-0.2, -0.15) is 4.39 Å². The number of allylic oxidation sites excluding steroid dienone is 1. The van der Waals surface area contributed by atoms with Crippen molar-refractivity contribution in [1.82, 2.24) is 0 Å². The molecule has 162 valence electrons. The fourth-order valence-electron chi connectivity index (χ4n) is 4.75. The predicted molar refractivity (Wildman–Crippen MR) is 113 cm³/mol. The van der Waals surface area contributed by atoms with Crippen molar-refractivity contribution in [2.24, 2.45) is 11.8 Å². The molecule has 2 atom stereocenters. The summed E-state index contributed by atoms with van der Waals surface area (Å²) in [4.78, 5) is 0. The Morgan fingerprint density at radius 1 is 1.03 bits per heavy atom. The van der Waals surface area contributed by atoms with E-state index in [2.05, 4.69) is 19.1 Å². The molecule has 0 spiro atoms. The van der Waals surface area contributed by atoms with Crippen molar-refractivity contribution in [3.8, 4) is 5.75 Å². The summed E-state index contributed by atoms with van der Waals surface area (Å²) in [6, 6.07) is 3.33. The lowest BCUT2D eigenvalue weighted by Crippen LogP contribution is -2.33. The maximum atomic E-state index is 14.7. The first-order chi connectivity index (χ1) is 14.1. The molecule has 1 saturated carbocycles. The monoisotopic (exact) mass is 406 g/mol. The fraction of sp³-hybridized carbons (Fsp3) is 0.680. The van der Waals surface area contributed by atoms with E-state index in [1.807, 2.05) is 6.92 Å². The predicted octanol–water partition coefficient (Wildman–Crippen LogP) is 7.18. The number of unbranched alkanes of at least 4 members (excludes halogenated alkanes) is 1. The lowest BCUT2D eigenvalue weighted by molar-refractivity contribution is -0.0471. The van der Waals surface area contributed by atoms with Crippen LogP contribution >= 0.6 is 0 Å². The van der Waals surface area contributed by atoms with Gasteiger partial charge in [0.2, 0.25) is 5.82 Å². The van der Waals surface area contributed by atoms with E-state index in [-0.39, 0.29) is 11.7 Å². The first kappa shape index (κ1) is 22.3. The molecule has 1 aromatic carbocycles. The Kier molecular flexibility index (Phi) is 8.53. The summed E-state index contributed by atoms with van der Waals surface area (Å²) in [6.45, 7) is 5.44. The summed E-state index contributed by atoms with van der Waals surface area (Å²) in [6.07, 6.45) is 13.9. The second-order valence-electron chi connectivity index (χ2n) is 8.64. The SMILES string of the molecule is CCC=CC1CCC(C2CCC(c3ccc(OCCCC)c(F)c3F)CC2)OC1. The summed E-state index contributed by atoms with van der Waals surface area (Å²) in [5.41, 5.74) is 0.512. The Balaban J connectivity index is 1.52. The second kappa shape index (κ2) is 11.1. The lowest BCUT2D eigenvalue weighted by Gasteiger charge is -2.37. The third-order valence-electron chi connectivity index (χ3n) is 6.56. The average Bonchev–Trinajstić information content (AvgIpc) is 2.76. The lowest BCUT2D eigenvalue weighted by atomic mass is 9.75. The van der Waals surface area contributed by atoms with Crippen LogP contribution in [0.15, 0.2) is 24.3 Å². The summed E-state index contributed by atoms with van der Waals surface area (Å²) in [5.74, 6) is -0.320. The van der Waals surface area contributed by atoms with E-state index >= 15 is 0 Å². The van der Waals surface area contributed by atoms with Crippen LogP contribution in [0.3, 0.4) is 0 Å². The molecule has 0 radical (unpaired) electrons. The van der Waals surface area contributed by atoms with Crippen molar-refractivity contribution in [2.75, 3.05) is 13.2 Å². The molecule has 0 bridgehead atoms. The first-order valence-corrected chi connectivity index (χ1v) is 11.5. The van der Waals surface area contributed by atoms with Crippen LogP contribution in [-0.2, 0) is 4.74 Å². The van der Waals surface area contributed by atoms with Crippen molar-refractivity contribution in [2.45, 2.75) is 83.7 Å². The molecule has 1 aliphatic carbocycles. The Morgan fingerprint density at radius 3 is 2.48 bits per heavy atom. The highest BCUT2D eigenvalue weighted by atomic mass is 19.2. The molecule has 1 heterocycles. The van der Waals surface area contributed by atoms with Gasteiger partial charge < -0.3 is 9.47 Å². The van der Waals surface area contributed by atoms with Gasteiger partial charge in [-0.3, -0.25) is 0 Å². The highest BCUT2D eigenvalue weighted by Crippen LogP contribution is 2.41. The maximum absolute atomic E-state index is 14.7. The Morgan fingerprint density at radius 2 is 1.83 bits per heavy atom. The minimum absolute atomic E-state index is 0.0377. The molecule has 2 aliphatic rings. The molecule has 2 nitrogen and oxygen atoms in total. The second-order valence-corrected chi connectivity index (χ2v) is 8.64. The highest BCUT2D eigenvalue weighted by Gasteiger charge is 2.33. The Labute approximate surface area is 174 Å². The number of hydrogen-bond donors (Lipinski definition) is 0. The van der Waals surface area contributed by atoms with Gasteiger partial charge in [0, 0.05) is 5.92 Å². The number of rotatable bonds is 8. The van der Waals surface area contributed by atoms with E-state index < -0.39 is 11.6 Å². The molecular formula is C25H36F2O2. The largest absolute Gasteiger partial charge is 0.490 e. The molecule has 3 rings (SSSR count). The maximum Gasteiger partial charge on any atom is 0.200 e. The number of benzene rings is 1. The van der Waals surface area contributed by atoms with Gasteiger partial charge in [0.05, 0.1) is 19.3 Å². The molecule has 29 heavy (non-hydrogen) atoms. The molecule has 0 aromatic heterocycles. The van der Waals surface area contributed by atoms with Gasteiger partial charge in [-0.15, -0.1) is 0 Å². The normalized spacial score (nSPS) is 28.0. The van der Waals surface area contributed by atoms with E-state index in [0.29, 0.717) is 30.1 Å². The minimum Gasteiger partial charge on any atom is -0.490 e. The molecule has 2 unspecified atom stereocenters. The van der Waals surface area contributed by atoms with Gasteiger partial charge >= 0.3 is 0 Å². The van der Waals surface area contributed by atoms with Gasteiger partial charge in [0.1, 0.15) is 0 Å². The van der Waals surface area contributed by atoms with Crippen molar-refractivity contribution in [1.29, 1.82) is 0 Å². The molecule has 1 saturated heterocycles. The van der Waals surface area contributed by atoms with Gasteiger partial charge in [-0.1, -0.05) is 38.5 Å². The number of halogens is 2. The van der Waals surface area contributed by atoms with Crippen LogP contribution in [-0.4, -0.2) is 19.3 Å². The number of ether oxygens (including phenoxy) is 2. The summed E-state index contributed by atoms with van der Waals surface area (Å²) >= 11 is 0. The van der Waals surface area contributed by atoms with Crippen LogP contribution in [0.2, 0.25) is 0 Å². The summed E-state index contributed by atoms with van der Waals surface area (Å²) in [7, 11) is 0. The minimum atomic E-state index is -0.831. The number of hydrogen-bond acceptors (Lipinski definition) is 2. The van der Waals surface area contributed by atoms with Crippen LogP contribution in [0.25, 0.3) is 0 Å². The molecule has 2 fully saturated rings. The van der Waals surface area contributed by atoms with Crippen molar-refractivity contribution in [3.05, 3.63) is 41.5 Å².